The molecule has 6 heteroatoms. The van der Waals surface area contributed by atoms with Crippen molar-refractivity contribution in [2.75, 3.05) is 13.6 Å². The lowest BCUT2D eigenvalue weighted by molar-refractivity contribution is -0.145. The molecular formula is C15H20N2O3S. The zero-order chi connectivity index (χ0) is 15.4. The Morgan fingerprint density at radius 3 is 2.76 bits per heavy atom. The Morgan fingerprint density at radius 2 is 2.10 bits per heavy atom. The number of aromatic nitrogens is 1. The molecule has 0 fully saturated rings. The average molecular weight is 308 g/mol. The molecular weight excluding hydrogens is 288 g/mol. The zero-order valence-corrected chi connectivity index (χ0v) is 13.0. The number of thiazole rings is 1. The van der Waals surface area contributed by atoms with E-state index in [1.165, 1.54) is 16.2 Å². The van der Waals surface area contributed by atoms with Crippen LogP contribution in [0.15, 0.2) is 24.3 Å². The highest BCUT2D eigenvalue weighted by atomic mass is 32.1. The SMILES string of the molecule is CCCCN(C)C(=O)C(O)C(O)c1nc2ccccc2s1. The number of aliphatic hydroxyl groups excluding tert-OH is 2. The number of hydrogen-bond donors (Lipinski definition) is 2. The Hall–Kier alpha value is -1.50. The van der Waals surface area contributed by atoms with Crippen molar-refractivity contribution in [3.8, 4) is 0 Å². The number of aliphatic hydroxyl groups is 2. The minimum absolute atomic E-state index is 0.362. The zero-order valence-electron chi connectivity index (χ0n) is 12.2. The Bertz CT molecular complexity index is 581. The molecule has 2 N–H and O–H groups in total. The molecule has 0 aliphatic carbocycles. The van der Waals surface area contributed by atoms with E-state index >= 15 is 0 Å². The van der Waals surface area contributed by atoms with Crippen LogP contribution in [0.3, 0.4) is 0 Å². The molecule has 1 aromatic heterocycles. The van der Waals surface area contributed by atoms with E-state index in [1.54, 1.807) is 7.05 Å². The van der Waals surface area contributed by atoms with E-state index in [1.807, 2.05) is 31.2 Å². The highest BCUT2D eigenvalue weighted by Gasteiger charge is 2.30. The van der Waals surface area contributed by atoms with Crippen LogP contribution in [0.1, 0.15) is 30.9 Å². The van der Waals surface area contributed by atoms with Crippen molar-refractivity contribution in [1.29, 1.82) is 0 Å². The summed E-state index contributed by atoms with van der Waals surface area (Å²) in [4.78, 5) is 17.8. The van der Waals surface area contributed by atoms with Crippen LogP contribution in [0.2, 0.25) is 0 Å². The third-order valence-corrected chi connectivity index (χ3v) is 4.45. The fraction of sp³-hybridized carbons (Fsp3) is 0.467. The summed E-state index contributed by atoms with van der Waals surface area (Å²) in [7, 11) is 1.63. The standard InChI is InChI=1S/C15H20N2O3S/c1-3-4-9-17(2)15(20)13(19)12(18)14-16-10-7-5-6-8-11(10)21-14/h5-8,12-13,18-19H,3-4,9H2,1-2H3. The van der Waals surface area contributed by atoms with Gasteiger partial charge in [-0.15, -0.1) is 11.3 Å². The molecule has 2 rings (SSSR count). The van der Waals surface area contributed by atoms with E-state index < -0.39 is 18.1 Å². The van der Waals surface area contributed by atoms with Crippen molar-refractivity contribution in [2.24, 2.45) is 0 Å². The monoisotopic (exact) mass is 308 g/mol. The van der Waals surface area contributed by atoms with Gasteiger partial charge in [0.05, 0.1) is 10.2 Å². The number of hydrogen-bond acceptors (Lipinski definition) is 5. The molecule has 2 unspecified atom stereocenters. The molecule has 2 atom stereocenters. The van der Waals surface area contributed by atoms with Crippen molar-refractivity contribution in [3.63, 3.8) is 0 Å². The molecule has 1 aromatic carbocycles. The third kappa shape index (κ3) is 3.58. The first-order valence-corrected chi connectivity index (χ1v) is 7.82. The van der Waals surface area contributed by atoms with Gasteiger partial charge < -0.3 is 15.1 Å². The molecule has 114 valence electrons. The molecule has 5 nitrogen and oxygen atoms in total. The van der Waals surface area contributed by atoms with Gasteiger partial charge in [-0.05, 0) is 18.6 Å². The van der Waals surface area contributed by atoms with E-state index in [9.17, 15) is 15.0 Å². The van der Waals surface area contributed by atoms with Gasteiger partial charge >= 0.3 is 0 Å². The number of rotatable bonds is 6. The van der Waals surface area contributed by atoms with Crippen LogP contribution >= 0.6 is 11.3 Å². The number of para-hydroxylation sites is 1. The molecule has 0 saturated carbocycles. The van der Waals surface area contributed by atoms with Crippen molar-refractivity contribution < 1.29 is 15.0 Å². The van der Waals surface area contributed by atoms with Crippen molar-refractivity contribution in [3.05, 3.63) is 29.3 Å². The maximum atomic E-state index is 12.1. The lowest BCUT2D eigenvalue weighted by Gasteiger charge is -2.22. The van der Waals surface area contributed by atoms with Crippen LogP contribution in [0.4, 0.5) is 0 Å². The minimum Gasteiger partial charge on any atom is -0.383 e. The summed E-state index contributed by atoms with van der Waals surface area (Å²) < 4.78 is 0.922. The first kappa shape index (κ1) is 15.9. The van der Waals surface area contributed by atoms with Gasteiger partial charge in [0.15, 0.2) is 6.10 Å². The molecule has 0 spiro atoms. The predicted octanol–water partition coefficient (Wildman–Crippen LogP) is 1.95. The smallest absolute Gasteiger partial charge is 0.254 e. The van der Waals surface area contributed by atoms with Gasteiger partial charge in [-0.2, -0.15) is 0 Å². The average Bonchev–Trinajstić information content (AvgIpc) is 2.94. The largest absolute Gasteiger partial charge is 0.383 e. The molecule has 21 heavy (non-hydrogen) atoms. The summed E-state index contributed by atoms with van der Waals surface area (Å²) in [6.07, 6.45) is -0.938. The molecule has 0 bridgehead atoms. The van der Waals surface area contributed by atoms with Crippen molar-refractivity contribution in [1.82, 2.24) is 9.88 Å². The molecule has 1 heterocycles. The van der Waals surface area contributed by atoms with Crippen LogP contribution in [0.5, 0.6) is 0 Å². The fourth-order valence-electron chi connectivity index (χ4n) is 2.02. The fourth-order valence-corrected chi connectivity index (χ4v) is 3.00. The molecule has 0 radical (unpaired) electrons. The number of unbranched alkanes of at least 4 members (excludes halogenated alkanes) is 1. The summed E-state index contributed by atoms with van der Waals surface area (Å²) in [5.41, 5.74) is 0.760. The van der Waals surface area contributed by atoms with E-state index in [-0.39, 0.29) is 0 Å². The number of likely N-dealkylation sites (N-methyl/N-ethyl adjacent to an activating group) is 1. The highest BCUT2D eigenvalue weighted by Crippen LogP contribution is 2.28. The number of nitrogens with zero attached hydrogens (tertiary/aromatic N) is 2. The summed E-state index contributed by atoms with van der Waals surface area (Å²) in [6, 6.07) is 7.48. The van der Waals surface area contributed by atoms with E-state index in [4.69, 9.17) is 0 Å². The predicted molar refractivity (Wildman–Crippen MR) is 83.1 cm³/mol. The summed E-state index contributed by atoms with van der Waals surface area (Å²) in [5.74, 6) is -0.477. The van der Waals surface area contributed by atoms with Gasteiger partial charge in [-0.25, -0.2) is 4.98 Å². The Kier molecular flexibility index (Phi) is 5.27. The van der Waals surface area contributed by atoms with Gasteiger partial charge in [-0.1, -0.05) is 25.5 Å². The first-order valence-electron chi connectivity index (χ1n) is 7.01. The van der Waals surface area contributed by atoms with Crippen LogP contribution in [-0.4, -0.2) is 45.7 Å². The number of benzene rings is 1. The van der Waals surface area contributed by atoms with Crippen LogP contribution in [0.25, 0.3) is 10.2 Å². The van der Waals surface area contributed by atoms with Crippen molar-refractivity contribution >= 4 is 27.5 Å². The van der Waals surface area contributed by atoms with Crippen LogP contribution in [0, 0.1) is 0 Å². The Labute approximate surface area is 127 Å². The van der Waals surface area contributed by atoms with Gasteiger partial charge in [0.1, 0.15) is 11.1 Å². The molecule has 2 aromatic rings. The Balaban J connectivity index is 2.10. The van der Waals surface area contributed by atoms with E-state index in [0.717, 1.165) is 23.1 Å². The molecule has 1 amide bonds. The minimum atomic E-state index is -1.48. The molecule has 0 aliphatic rings. The summed E-state index contributed by atoms with van der Waals surface area (Å²) in [5, 5.41) is 20.6. The maximum Gasteiger partial charge on any atom is 0.254 e. The van der Waals surface area contributed by atoms with Gasteiger partial charge in [0.25, 0.3) is 5.91 Å². The van der Waals surface area contributed by atoms with Crippen LogP contribution < -0.4 is 0 Å². The first-order chi connectivity index (χ1) is 10.0. The quantitative estimate of drug-likeness (QED) is 0.855. The van der Waals surface area contributed by atoms with Gasteiger partial charge in [0.2, 0.25) is 0 Å². The number of amides is 1. The van der Waals surface area contributed by atoms with Gasteiger partial charge in [0, 0.05) is 13.6 Å². The number of carbonyl (C=O) groups is 1. The van der Waals surface area contributed by atoms with Gasteiger partial charge in [-0.3, -0.25) is 4.79 Å². The third-order valence-electron chi connectivity index (χ3n) is 3.34. The topological polar surface area (TPSA) is 73.7 Å². The maximum absolute atomic E-state index is 12.1. The summed E-state index contributed by atoms with van der Waals surface area (Å²) in [6.45, 7) is 2.60. The highest BCUT2D eigenvalue weighted by molar-refractivity contribution is 7.18. The lowest BCUT2D eigenvalue weighted by atomic mass is 10.2. The second-order valence-corrected chi connectivity index (χ2v) is 6.09. The van der Waals surface area contributed by atoms with E-state index in [0.29, 0.717) is 11.6 Å². The molecule has 0 aliphatic heterocycles. The lowest BCUT2D eigenvalue weighted by Crippen LogP contribution is -2.40. The summed E-state index contributed by atoms with van der Waals surface area (Å²) >= 11 is 1.29. The second-order valence-electron chi connectivity index (χ2n) is 5.02. The molecule has 0 saturated heterocycles. The second kappa shape index (κ2) is 6.98. The van der Waals surface area contributed by atoms with Crippen LogP contribution in [-0.2, 0) is 4.79 Å². The number of fused-ring (bicyclic) bond motifs is 1. The number of carbonyl (C=O) groups excluding carboxylic acids is 1. The normalized spacial score (nSPS) is 14.1. The van der Waals surface area contributed by atoms with E-state index in [2.05, 4.69) is 4.98 Å². The van der Waals surface area contributed by atoms with Crippen molar-refractivity contribution in [2.45, 2.75) is 32.0 Å². The Morgan fingerprint density at radius 1 is 1.38 bits per heavy atom.